The molecule has 1 saturated heterocycles. The number of aromatic amines is 1. The number of aromatic nitrogens is 2. The van der Waals surface area contributed by atoms with Crippen molar-refractivity contribution in [3.05, 3.63) is 59.1 Å². The van der Waals surface area contributed by atoms with Gasteiger partial charge >= 0.3 is 0 Å². The Morgan fingerprint density at radius 2 is 2.03 bits per heavy atom. The summed E-state index contributed by atoms with van der Waals surface area (Å²) in [6.07, 6.45) is 2.77. The Morgan fingerprint density at radius 3 is 2.77 bits per heavy atom. The molecule has 0 aliphatic carbocycles. The molecule has 162 valence electrons. The molecule has 1 aliphatic heterocycles. The van der Waals surface area contributed by atoms with Gasteiger partial charge in [0.2, 0.25) is 0 Å². The molecule has 1 fully saturated rings. The van der Waals surface area contributed by atoms with Crippen molar-refractivity contribution in [3.8, 4) is 16.3 Å². The number of nitrogens with one attached hydrogen (secondary N) is 2. The number of amides is 2. The molecule has 1 unspecified atom stereocenters. The fraction of sp³-hybridized carbons (Fsp3) is 0.348. The van der Waals surface area contributed by atoms with Crippen molar-refractivity contribution in [2.45, 2.75) is 32.2 Å². The molecule has 3 aromatic rings. The molecule has 7 nitrogen and oxygen atoms in total. The number of likely N-dealkylation sites (tertiary alicyclic amines) is 1. The van der Waals surface area contributed by atoms with Gasteiger partial charge in [-0.25, -0.2) is 0 Å². The van der Waals surface area contributed by atoms with Crippen LogP contribution >= 0.6 is 11.3 Å². The minimum absolute atomic E-state index is 0.00187. The van der Waals surface area contributed by atoms with Gasteiger partial charge in [0.1, 0.15) is 5.75 Å². The van der Waals surface area contributed by atoms with Crippen LogP contribution in [-0.4, -0.2) is 46.6 Å². The van der Waals surface area contributed by atoms with Crippen LogP contribution in [0.1, 0.15) is 48.3 Å². The molecule has 0 saturated carbocycles. The Hall–Kier alpha value is -3.13. The Labute approximate surface area is 185 Å². The molecule has 8 heteroatoms. The standard InChI is InChI=1S/C23H26N4O3S/c1-2-17(24-23(29)19-14-18(25-26-19)21-10-7-13-31-21)16-8-3-4-9-20(16)30-15-22(28)27-11-5-6-12-27/h3-4,7-10,13-14,17H,2,5-6,11-12,15H2,1H3,(H,24,29)(H,25,26). The number of H-pyrrole nitrogens is 1. The fourth-order valence-corrected chi connectivity index (χ4v) is 4.42. The quantitative estimate of drug-likeness (QED) is 0.556. The SMILES string of the molecule is CCC(NC(=O)c1cc(-c2cccs2)[nH]n1)c1ccccc1OCC(=O)N1CCCC1. The summed E-state index contributed by atoms with van der Waals surface area (Å²) in [5, 5.41) is 12.1. The van der Waals surface area contributed by atoms with Gasteiger partial charge in [0.25, 0.3) is 11.8 Å². The van der Waals surface area contributed by atoms with E-state index >= 15 is 0 Å². The highest BCUT2D eigenvalue weighted by atomic mass is 32.1. The zero-order chi connectivity index (χ0) is 21.6. The average molecular weight is 439 g/mol. The molecule has 1 aromatic carbocycles. The molecule has 2 amide bonds. The monoisotopic (exact) mass is 438 g/mol. The highest BCUT2D eigenvalue weighted by Crippen LogP contribution is 2.28. The van der Waals surface area contributed by atoms with Gasteiger partial charge < -0.3 is 15.0 Å². The third-order valence-corrected chi connectivity index (χ3v) is 6.32. The molecule has 1 aliphatic rings. The van der Waals surface area contributed by atoms with Crippen LogP contribution in [-0.2, 0) is 4.79 Å². The van der Waals surface area contributed by atoms with Gasteiger partial charge in [0.15, 0.2) is 12.3 Å². The average Bonchev–Trinajstić information content (AvgIpc) is 3.57. The van der Waals surface area contributed by atoms with Crippen molar-refractivity contribution in [2.24, 2.45) is 0 Å². The van der Waals surface area contributed by atoms with Gasteiger partial charge in [-0.1, -0.05) is 31.2 Å². The van der Waals surface area contributed by atoms with E-state index in [1.165, 1.54) is 0 Å². The van der Waals surface area contributed by atoms with E-state index in [-0.39, 0.29) is 24.5 Å². The first-order valence-electron chi connectivity index (χ1n) is 10.6. The van der Waals surface area contributed by atoms with Gasteiger partial charge in [-0.05, 0) is 42.8 Å². The van der Waals surface area contributed by atoms with Gasteiger partial charge in [-0.15, -0.1) is 11.3 Å². The van der Waals surface area contributed by atoms with Crippen molar-refractivity contribution < 1.29 is 14.3 Å². The number of rotatable bonds is 8. The van der Waals surface area contributed by atoms with Crippen molar-refractivity contribution in [1.29, 1.82) is 0 Å². The maximum absolute atomic E-state index is 12.8. The molecule has 0 bridgehead atoms. The highest BCUT2D eigenvalue weighted by Gasteiger charge is 2.22. The summed E-state index contributed by atoms with van der Waals surface area (Å²) >= 11 is 1.58. The number of carbonyl (C=O) groups excluding carboxylic acids is 2. The maximum atomic E-state index is 12.8. The largest absolute Gasteiger partial charge is 0.483 e. The fourth-order valence-electron chi connectivity index (χ4n) is 3.73. The molecule has 0 radical (unpaired) electrons. The number of nitrogens with zero attached hydrogens (tertiary/aromatic N) is 2. The number of benzene rings is 1. The molecular formula is C23H26N4O3S. The van der Waals surface area contributed by atoms with Gasteiger partial charge in [-0.2, -0.15) is 5.10 Å². The zero-order valence-corrected chi connectivity index (χ0v) is 18.3. The number of para-hydroxylation sites is 1. The summed E-state index contributed by atoms with van der Waals surface area (Å²) < 4.78 is 5.87. The van der Waals surface area contributed by atoms with Crippen molar-refractivity contribution in [1.82, 2.24) is 20.4 Å². The van der Waals surface area contributed by atoms with E-state index in [1.54, 1.807) is 17.4 Å². The van der Waals surface area contributed by atoms with Gasteiger partial charge in [-0.3, -0.25) is 14.7 Å². The van der Waals surface area contributed by atoms with E-state index in [1.807, 2.05) is 53.6 Å². The van der Waals surface area contributed by atoms with Crippen LogP contribution in [0.15, 0.2) is 47.8 Å². The van der Waals surface area contributed by atoms with E-state index in [0.29, 0.717) is 17.9 Å². The van der Waals surface area contributed by atoms with Crippen LogP contribution in [0.25, 0.3) is 10.6 Å². The van der Waals surface area contributed by atoms with E-state index in [4.69, 9.17) is 4.74 Å². The van der Waals surface area contributed by atoms with Gasteiger partial charge in [0.05, 0.1) is 16.6 Å². The van der Waals surface area contributed by atoms with E-state index in [0.717, 1.165) is 42.1 Å². The number of hydrogen-bond acceptors (Lipinski definition) is 5. The summed E-state index contributed by atoms with van der Waals surface area (Å²) in [5.41, 5.74) is 2.00. The molecule has 31 heavy (non-hydrogen) atoms. The number of ether oxygens (including phenoxy) is 1. The minimum atomic E-state index is -0.257. The highest BCUT2D eigenvalue weighted by molar-refractivity contribution is 7.13. The lowest BCUT2D eigenvalue weighted by molar-refractivity contribution is -0.132. The Bertz CT molecular complexity index is 1030. The summed E-state index contributed by atoms with van der Waals surface area (Å²) in [7, 11) is 0. The second-order valence-electron chi connectivity index (χ2n) is 7.49. The molecule has 4 rings (SSSR count). The number of thiophene rings is 1. The summed E-state index contributed by atoms with van der Waals surface area (Å²) in [5.74, 6) is 0.361. The van der Waals surface area contributed by atoms with Crippen molar-refractivity contribution in [3.63, 3.8) is 0 Å². The first-order valence-corrected chi connectivity index (χ1v) is 11.4. The lowest BCUT2D eigenvalue weighted by Crippen LogP contribution is -2.32. The van der Waals surface area contributed by atoms with Crippen LogP contribution in [0, 0.1) is 0 Å². The predicted molar refractivity (Wildman–Crippen MR) is 120 cm³/mol. The predicted octanol–water partition coefficient (Wildman–Crippen LogP) is 4.02. The minimum Gasteiger partial charge on any atom is -0.483 e. The van der Waals surface area contributed by atoms with Gasteiger partial charge in [0, 0.05) is 18.7 Å². The normalized spacial score (nSPS) is 14.4. The first kappa shape index (κ1) is 21.1. The summed E-state index contributed by atoms with van der Waals surface area (Å²) in [6.45, 7) is 3.60. The second-order valence-corrected chi connectivity index (χ2v) is 8.44. The third-order valence-electron chi connectivity index (χ3n) is 5.42. The molecular weight excluding hydrogens is 412 g/mol. The zero-order valence-electron chi connectivity index (χ0n) is 17.5. The van der Waals surface area contributed by atoms with Crippen LogP contribution in [0.5, 0.6) is 5.75 Å². The van der Waals surface area contributed by atoms with E-state index in [2.05, 4.69) is 15.5 Å². The third kappa shape index (κ3) is 4.96. The smallest absolute Gasteiger partial charge is 0.272 e. The van der Waals surface area contributed by atoms with Crippen LogP contribution < -0.4 is 10.1 Å². The molecule has 2 aromatic heterocycles. The van der Waals surface area contributed by atoms with Crippen LogP contribution in [0.2, 0.25) is 0 Å². The molecule has 3 heterocycles. The van der Waals surface area contributed by atoms with E-state index in [9.17, 15) is 9.59 Å². The maximum Gasteiger partial charge on any atom is 0.272 e. The Morgan fingerprint density at radius 1 is 1.23 bits per heavy atom. The number of carbonyl (C=O) groups is 2. The van der Waals surface area contributed by atoms with Crippen molar-refractivity contribution >= 4 is 23.2 Å². The van der Waals surface area contributed by atoms with Crippen molar-refractivity contribution in [2.75, 3.05) is 19.7 Å². The lowest BCUT2D eigenvalue weighted by Gasteiger charge is -2.21. The summed E-state index contributed by atoms with van der Waals surface area (Å²) in [4.78, 5) is 28.0. The number of hydrogen-bond donors (Lipinski definition) is 2. The van der Waals surface area contributed by atoms with E-state index < -0.39 is 0 Å². The summed E-state index contributed by atoms with van der Waals surface area (Å²) in [6, 6.07) is 13.0. The lowest BCUT2D eigenvalue weighted by atomic mass is 10.0. The Balaban J connectivity index is 1.44. The van der Waals surface area contributed by atoms with Crippen LogP contribution in [0.3, 0.4) is 0 Å². The molecule has 1 atom stereocenters. The first-order chi connectivity index (χ1) is 15.2. The second kappa shape index (κ2) is 9.78. The van der Waals surface area contributed by atoms with Crippen LogP contribution in [0.4, 0.5) is 0 Å². The Kier molecular flexibility index (Phi) is 6.66. The molecule has 2 N–H and O–H groups in total. The topological polar surface area (TPSA) is 87.3 Å². The molecule has 0 spiro atoms.